The molecule has 2 amide bonds. The first-order valence-corrected chi connectivity index (χ1v) is 17.2. The number of thioether (sulfide) groups is 1. The monoisotopic (exact) mass is 608 g/mol. The standard InChI is InChI=1S/C37H44N4O2S/c1-2-3-13-28-18-19-33-31(24-28)32(25-34(39-33)30-16-8-5-9-17-30)36(42)40-35(27-44-26-29-14-6-4-7-15-29)37(43)38-20-12-23-41-21-10-11-22-41/h4-9,14-19,24-25,35H,2-3,10-13,20-23,26-27H2,1H3,(H,38,43)(H,40,42). The number of pyridine rings is 1. The quantitative estimate of drug-likeness (QED) is 0.144. The van der Waals surface area contributed by atoms with Crippen molar-refractivity contribution in [2.45, 2.75) is 57.2 Å². The minimum Gasteiger partial charge on any atom is -0.354 e. The molecule has 7 heteroatoms. The van der Waals surface area contributed by atoms with Crippen LogP contribution in [0.15, 0.2) is 84.9 Å². The first-order chi connectivity index (χ1) is 21.6. The van der Waals surface area contributed by atoms with Crippen molar-refractivity contribution in [1.82, 2.24) is 20.5 Å². The number of hydrogen-bond acceptors (Lipinski definition) is 5. The maximum Gasteiger partial charge on any atom is 0.252 e. The molecule has 4 aromatic rings. The van der Waals surface area contributed by atoms with Crippen LogP contribution in [0.25, 0.3) is 22.2 Å². The van der Waals surface area contributed by atoms with Crippen molar-refractivity contribution in [2.75, 3.05) is 31.9 Å². The lowest BCUT2D eigenvalue weighted by atomic mass is 9.99. The summed E-state index contributed by atoms with van der Waals surface area (Å²) in [4.78, 5) is 35.0. The number of nitrogens with zero attached hydrogens (tertiary/aromatic N) is 2. The first kappa shape index (κ1) is 31.7. The summed E-state index contributed by atoms with van der Waals surface area (Å²) in [5, 5.41) is 7.05. The van der Waals surface area contributed by atoms with Crippen LogP contribution in [0, 0.1) is 0 Å². The van der Waals surface area contributed by atoms with E-state index < -0.39 is 6.04 Å². The van der Waals surface area contributed by atoms with Crippen molar-refractivity contribution in [3.8, 4) is 11.3 Å². The molecule has 0 saturated carbocycles. The van der Waals surface area contributed by atoms with Crippen molar-refractivity contribution >= 4 is 34.5 Å². The molecule has 5 rings (SSSR count). The second-order valence-electron chi connectivity index (χ2n) is 11.6. The van der Waals surface area contributed by atoms with Crippen LogP contribution in [-0.4, -0.2) is 59.7 Å². The van der Waals surface area contributed by atoms with Crippen molar-refractivity contribution < 1.29 is 9.59 Å². The smallest absolute Gasteiger partial charge is 0.252 e. The van der Waals surface area contributed by atoms with Crippen LogP contribution in [0.1, 0.15) is 60.5 Å². The molecule has 0 bridgehead atoms. The van der Waals surface area contributed by atoms with Crippen LogP contribution in [0.3, 0.4) is 0 Å². The molecular weight excluding hydrogens is 565 g/mol. The molecule has 0 aliphatic carbocycles. The van der Waals surface area contributed by atoms with Gasteiger partial charge in [-0.25, -0.2) is 4.98 Å². The largest absolute Gasteiger partial charge is 0.354 e. The third-order valence-electron chi connectivity index (χ3n) is 8.17. The Balaban J connectivity index is 1.36. The topological polar surface area (TPSA) is 74.3 Å². The summed E-state index contributed by atoms with van der Waals surface area (Å²) in [5.41, 5.74) is 5.40. The van der Waals surface area contributed by atoms with E-state index in [2.05, 4.69) is 46.7 Å². The van der Waals surface area contributed by atoms with Crippen LogP contribution in [0.5, 0.6) is 0 Å². The Hall–Kier alpha value is -3.68. The molecule has 2 N–H and O–H groups in total. The van der Waals surface area contributed by atoms with Crippen LogP contribution < -0.4 is 10.6 Å². The number of unbranched alkanes of at least 4 members (excludes halogenated alkanes) is 1. The normalized spacial score (nSPS) is 14.0. The zero-order chi connectivity index (χ0) is 30.6. The number of fused-ring (bicyclic) bond motifs is 1. The zero-order valence-electron chi connectivity index (χ0n) is 25.8. The highest BCUT2D eigenvalue weighted by atomic mass is 32.2. The molecule has 1 fully saturated rings. The Morgan fingerprint density at radius 2 is 1.66 bits per heavy atom. The predicted molar refractivity (Wildman–Crippen MR) is 183 cm³/mol. The van der Waals surface area contributed by atoms with Gasteiger partial charge in [-0.15, -0.1) is 0 Å². The lowest BCUT2D eigenvalue weighted by Gasteiger charge is -2.20. The molecule has 1 aromatic heterocycles. The number of carbonyl (C=O) groups is 2. The number of likely N-dealkylation sites (tertiary alicyclic amines) is 1. The summed E-state index contributed by atoms with van der Waals surface area (Å²) in [6, 6.07) is 27.6. The summed E-state index contributed by atoms with van der Waals surface area (Å²) >= 11 is 1.66. The van der Waals surface area contributed by atoms with E-state index in [0.29, 0.717) is 17.9 Å². The van der Waals surface area contributed by atoms with Gasteiger partial charge in [0, 0.05) is 29.0 Å². The Morgan fingerprint density at radius 3 is 2.41 bits per heavy atom. The number of carbonyl (C=O) groups excluding carboxylic acids is 2. The van der Waals surface area contributed by atoms with Gasteiger partial charge in [0.1, 0.15) is 6.04 Å². The van der Waals surface area contributed by atoms with Gasteiger partial charge in [-0.2, -0.15) is 11.8 Å². The molecule has 1 unspecified atom stereocenters. The van der Waals surface area contributed by atoms with E-state index in [1.165, 1.54) is 24.0 Å². The van der Waals surface area contributed by atoms with E-state index in [-0.39, 0.29) is 11.8 Å². The van der Waals surface area contributed by atoms with E-state index in [9.17, 15) is 9.59 Å². The van der Waals surface area contributed by atoms with Crippen LogP contribution in [0.2, 0.25) is 0 Å². The summed E-state index contributed by atoms with van der Waals surface area (Å²) < 4.78 is 0. The molecule has 1 atom stereocenters. The van der Waals surface area contributed by atoms with Crippen molar-refractivity contribution in [2.24, 2.45) is 0 Å². The predicted octanol–water partition coefficient (Wildman–Crippen LogP) is 6.88. The average molecular weight is 609 g/mol. The van der Waals surface area contributed by atoms with Crippen LogP contribution >= 0.6 is 11.8 Å². The molecule has 2 heterocycles. The van der Waals surface area contributed by atoms with Crippen molar-refractivity contribution in [3.63, 3.8) is 0 Å². The number of benzene rings is 3. The minimum absolute atomic E-state index is 0.134. The first-order valence-electron chi connectivity index (χ1n) is 16.0. The van der Waals surface area contributed by atoms with E-state index in [1.54, 1.807) is 11.8 Å². The van der Waals surface area contributed by atoms with Crippen LogP contribution in [-0.2, 0) is 17.0 Å². The van der Waals surface area contributed by atoms with E-state index >= 15 is 0 Å². The van der Waals surface area contributed by atoms with Gasteiger partial charge < -0.3 is 15.5 Å². The highest BCUT2D eigenvalue weighted by molar-refractivity contribution is 7.98. The summed E-state index contributed by atoms with van der Waals surface area (Å²) in [6.45, 7) is 6.07. The highest BCUT2D eigenvalue weighted by Crippen LogP contribution is 2.27. The van der Waals surface area contributed by atoms with Gasteiger partial charge in [-0.3, -0.25) is 9.59 Å². The summed E-state index contributed by atoms with van der Waals surface area (Å²) in [7, 11) is 0. The molecule has 1 aliphatic rings. The molecule has 0 spiro atoms. The number of amides is 2. The lowest BCUT2D eigenvalue weighted by molar-refractivity contribution is -0.122. The molecular formula is C37H44N4O2S. The number of hydrogen-bond donors (Lipinski definition) is 2. The fourth-order valence-corrected chi connectivity index (χ4v) is 6.70. The van der Waals surface area contributed by atoms with E-state index in [4.69, 9.17) is 4.98 Å². The third-order valence-corrected chi connectivity index (χ3v) is 9.28. The van der Waals surface area contributed by atoms with E-state index in [1.807, 2.05) is 60.7 Å². The fraction of sp³-hybridized carbons (Fsp3) is 0.378. The fourth-order valence-electron chi connectivity index (χ4n) is 5.69. The molecule has 3 aromatic carbocycles. The zero-order valence-corrected chi connectivity index (χ0v) is 26.6. The van der Waals surface area contributed by atoms with Crippen LogP contribution in [0.4, 0.5) is 0 Å². The second kappa shape index (κ2) is 16.4. The number of nitrogens with one attached hydrogen (secondary N) is 2. The number of aromatic nitrogens is 1. The van der Waals surface area contributed by atoms with Gasteiger partial charge in [0.05, 0.1) is 16.8 Å². The Kier molecular flexibility index (Phi) is 11.8. The maximum absolute atomic E-state index is 14.1. The Morgan fingerprint density at radius 1 is 0.909 bits per heavy atom. The molecule has 1 aliphatic heterocycles. The molecule has 6 nitrogen and oxygen atoms in total. The van der Waals surface area contributed by atoms with Crippen molar-refractivity contribution in [1.29, 1.82) is 0 Å². The average Bonchev–Trinajstić information content (AvgIpc) is 3.59. The van der Waals surface area contributed by atoms with E-state index in [0.717, 1.165) is 73.2 Å². The van der Waals surface area contributed by atoms with Gasteiger partial charge in [0.25, 0.3) is 5.91 Å². The van der Waals surface area contributed by atoms with Crippen molar-refractivity contribution in [3.05, 3.63) is 102 Å². The number of rotatable bonds is 15. The van der Waals surface area contributed by atoms with Gasteiger partial charge >= 0.3 is 0 Å². The SMILES string of the molecule is CCCCc1ccc2nc(-c3ccccc3)cc(C(=O)NC(CSCc3ccccc3)C(=O)NCCCN3CCCC3)c2c1. The molecule has 1 saturated heterocycles. The minimum atomic E-state index is -0.658. The molecule has 230 valence electrons. The molecule has 0 radical (unpaired) electrons. The molecule has 44 heavy (non-hydrogen) atoms. The van der Waals surface area contributed by atoms with Gasteiger partial charge in [-0.1, -0.05) is 80.1 Å². The highest BCUT2D eigenvalue weighted by Gasteiger charge is 2.24. The summed E-state index contributed by atoms with van der Waals surface area (Å²) in [5.74, 6) is 0.868. The lowest BCUT2D eigenvalue weighted by Crippen LogP contribution is -2.48. The van der Waals surface area contributed by atoms with Gasteiger partial charge in [0.15, 0.2) is 0 Å². The maximum atomic E-state index is 14.1. The number of aryl methyl sites for hydroxylation is 1. The third kappa shape index (κ3) is 8.93. The van der Waals surface area contributed by atoms with Gasteiger partial charge in [0.2, 0.25) is 5.91 Å². The summed E-state index contributed by atoms with van der Waals surface area (Å²) in [6.07, 6.45) is 6.56. The Labute approximate surface area is 266 Å². The Bertz CT molecular complexity index is 1510. The van der Waals surface area contributed by atoms with Gasteiger partial charge in [-0.05, 0) is 81.1 Å². The second-order valence-corrected chi connectivity index (χ2v) is 12.6.